The third kappa shape index (κ3) is 3.76. The van der Waals surface area contributed by atoms with Crippen LogP contribution in [0.15, 0.2) is 24.3 Å². The number of amides is 1. The third-order valence-corrected chi connectivity index (χ3v) is 4.44. The largest absolute Gasteiger partial charge is 0.497 e. The molecule has 3 atom stereocenters. The second-order valence-corrected chi connectivity index (χ2v) is 5.92. The molecule has 0 spiro atoms. The maximum atomic E-state index is 12.6. The Morgan fingerprint density at radius 1 is 1.33 bits per heavy atom. The molecule has 1 aromatic rings. The molecule has 1 fully saturated rings. The highest BCUT2D eigenvalue weighted by atomic mass is 16.5. The minimum Gasteiger partial charge on any atom is -0.497 e. The van der Waals surface area contributed by atoms with Crippen LogP contribution < -0.4 is 4.74 Å². The monoisotopic (exact) mass is 291 g/mol. The zero-order valence-corrected chi connectivity index (χ0v) is 13.1. The first kappa shape index (κ1) is 15.8. The lowest BCUT2D eigenvalue weighted by atomic mass is 9.91. The van der Waals surface area contributed by atoms with E-state index in [1.165, 1.54) is 0 Å². The molecule has 1 heterocycles. The smallest absolute Gasteiger partial charge is 0.229 e. The molecule has 4 nitrogen and oxygen atoms in total. The second-order valence-electron chi connectivity index (χ2n) is 5.92. The zero-order valence-electron chi connectivity index (χ0n) is 13.1. The highest BCUT2D eigenvalue weighted by Crippen LogP contribution is 2.25. The highest BCUT2D eigenvalue weighted by Gasteiger charge is 2.29. The van der Waals surface area contributed by atoms with E-state index < -0.39 is 0 Å². The second kappa shape index (κ2) is 6.94. The van der Waals surface area contributed by atoms with Crippen molar-refractivity contribution in [3.63, 3.8) is 0 Å². The number of nitrogens with zero attached hydrogens (tertiary/aromatic N) is 1. The molecule has 0 radical (unpaired) electrons. The lowest BCUT2D eigenvalue weighted by Gasteiger charge is -2.35. The lowest BCUT2D eigenvalue weighted by molar-refractivity contribution is -0.135. The predicted octanol–water partition coefficient (Wildman–Crippen LogP) is 2.42. The fourth-order valence-corrected chi connectivity index (χ4v) is 2.91. The molecule has 21 heavy (non-hydrogen) atoms. The SMILES string of the molecule is COc1ccc(C(C)C(=O)N2CCCC(C(C)O)C2)cc1. The number of piperidine rings is 1. The molecule has 0 aromatic heterocycles. The van der Waals surface area contributed by atoms with Crippen LogP contribution in [0.5, 0.6) is 5.75 Å². The first-order valence-corrected chi connectivity index (χ1v) is 7.63. The van der Waals surface area contributed by atoms with E-state index in [4.69, 9.17) is 4.74 Å². The number of aliphatic hydroxyl groups is 1. The number of aliphatic hydroxyl groups excluding tert-OH is 1. The quantitative estimate of drug-likeness (QED) is 0.927. The molecule has 1 saturated heterocycles. The molecular formula is C17H25NO3. The van der Waals surface area contributed by atoms with E-state index in [1.807, 2.05) is 43.0 Å². The van der Waals surface area contributed by atoms with Gasteiger partial charge in [0.25, 0.3) is 0 Å². The van der Waals surface area contributed by atoms with E-state index in [1.54, 1.807) is 7.11 Å². The summed E-state index contributed by atoms with van der Waals surface area (Å²) in [7, 11) is 1.63. The topological polar surface area (TPSA) is 49.8 Å². The average Bonchev–Trinajstić information content (AvgIpc) is 2.53. The van der Waals surface area contributed by atoms with Crippen molar-refractivity contribution < 1.29 is 14.6 Å². The van der Waals surface area contributed by atoms with Crippen LogP contribution in [-0.2, 0) is 4.79 Å². The molecule has 116 valence electrons. The fraction of sp³-hybridized carbons (Fsp3) is 0.588. The number of ether oxygens (including phenoxy) is 1. The summed E-state index contributed by atoms with van der Waals surface area (Å²) in [6, 6.07) is 7.65. The minimum absolute atomic E-state index is 0.144. The van der Waals surface area contributed by atoms with E-state index in [0.717, 1.165) is 30.7 Å². The van der Waals surface area contributed by atoms with Gasteiger partial charge in [0.15, 0.2) is 0 Å². The van der Waals surface area contributed by atoms with Gasteiger partial charge in [0.05, 0.1) is 19.1 Å². The predicted molar refractivity (Wildman–Crippen MR) is 82.4 cm³/mol. The normalized spacial score (nSPS) is 21.7. The molecule has 0 saturated carbocycles. The molecule has 1 aliphatic rings. The van der Waals surface area contributed by atoms with Crippen molar-refractivity contribution >= 4 is 5.91 Å². The number of hydrogen-bond donors (Lipinski definition) is 1. The zero-order chi connectivity index (χ0) is 15.4. The van der Waals surface area contributed by atoms with Crippen LogP contribution in [0.1, 0.15) is 38.2 Å². The van der Waals surface area contributed by atoms with Gasteiger partial charge in [-0.05, 0) is 44.4 Å². The van der Waals surface area contributed by atoms with Gasteiger partial charge < -0.3 is 14.7 Å². The molecule has 0 aliphatic carbocycles. The molecule has 1 aromatic carbocycles. The van der Waals surface area contributed by atoms with Gasteiger partial charge in [0.2, 0.25) is 5.91 Å². The fourth-order valence-electron chi connectivity index (χ4n) is 2.91. The van der Waals surface area contributed by atoms with E-state index in [2.05, 4.69) is 0 Å². The Hall–Kier alpha value is -1.55. The van der Waals surface area contributed by atoms with Crippen molar-refractivity contribution in [1.29, 1.82) is 0 Å². The summed E-state index contributed by atoms with van der Waals surface area (Å²) in [5.74, 6) is 0.977. The Morgan fingerprint density at radius 3 is 2.57 bits per heavy atom. The minimum atomic E-state index is -0.350. The van der Waals surface area contributed by atoms with Crippen molar-refractivity contribution in [2.75, 3.05) is 20.2 Å². The molecule has 0 bridgehead atoms. The number of carbonyl (C=O) groups excluding carboxylic acids is 1. The van der Waals surface area contributed by atoms with Crippen LogP contribution in [0.25, 0.3) is 0 Å². The molecule has 1 N–H and O–H groups in total. The standard InChI is InChI=1S/C17H25NO3/c1-12(14-6-8-16(21-3)9-7-14)17(20)18-10-4-5-15(11-18)13(2)19/h6-9,12-13,15,19H,4-5,10-11H2,1-3H3. The third-order valence-electron chi connectivity index (χ3n) is 4.44. The van der Waals surface area contributed by atoms with Gasteiger partial charge in [-0.15, -0.1) is 0 Å². The van der Waals surface area contributed by atoms with E-state index >= 15 is 0 Å². The van der Waals surface area contributed by atoms with E-state index in [0.29, 0.717) is 6.54 Å². The Morgan fingerprint density at radius 2 is 2.00 bits per heavy atom. The Labute approximate surface area is 126 Å². The van der Waals surface area contributed by atoms with Crippen LogP contribution in [-0.4, -0.2) is 42.2 Å². The van der Waals surface area contributed by atoms with Crippen LogP contribution in [0.2, 0.25) is 0 Å². The molecule has 4 heteroatoms. The van der Waals surface area contributed by atoms with Crippen molar-refractivity contribution in [2.24, 2.45) is 5.92 Å². The van der Waals surface area contributed by atoms with Gasteiger partial charge >= 0.3 is 0 Å². The average molecular weight is 291 g/mol. The summed E-state index contributed by atoms with van der Waals surface area (Å²) >= 11 is 0. The van der Waals surface area contributed by atoms with Gasteiger partial charge in [-0.1, -0.05) is 12.1 Å². The summed E-state index contributed by atoms with van der Waals surface area (Å²) in [4.78, 5) is 14.5. The summed E-state index contributed by atoms with van der Waals surface area (Å²) < 4.78 is 5.14. The number of carbonyl (C=O) groups is 1. The number of hydrogen-bond acceptors (Lipinski definition) is 3. The summed E-state index contributed by atoms with van der Waals surface area (Å²) in [5.41, 5.74) is 1.000. The first-order chi connectivity index (χ1) is 10.0. The highest BCUT2D eigenvalue weighted by molar-refractivity contribution is 5.83. The molecule has 1 aliphatic heterocycles. The van der Waals surface area contributed by atoms with Crippen LogP contribution >= 0.6 is 0 Å². The Kier molecular flexibility index (Phi) is 5.23. The van der Waals surface area contributed by atoms with Gasteiger partial charge in [0, 0.05) is 19.0 Å². The van der Waals surface area contributed by atoms with Crippen LogP contribution in [0.4, 0.5) is 0 Å². The van der Waals surface area contributed by atoms with Crippen molar-refractivity contribution in [1.82, 2.24) is 4.90 Å². The molecule has 3 unspecified atom stereocenters. The Balaban J connectivity index is 2.03. The van der Waals surface area contributed by atoms with Crippen molar-refractivity contribution in [3.8, 4) is 5.75 Å². The van der Waals surface area contributed by atoms with Gasteiger partial charge in [-0.25, -0.2) is 0 Å². The summed E-state index contributed by atoms with van der Waals surface area (Å²) in [5, 5.41) is 9.74. The van der Waals surface area contributed by atoms with E-state index in [-0.39, 0.29) is 23.8 Å². The molecule has 2 rings (SSSR count). The van der Waals surface area contributed by atoms with Crippen LogP contribution in [0, 0.1) is 5.92 Å². The van der Waals surface area contributed by atoms with E-state index in [9.17, 15) is 9.90 Å². The number of likely N-dealkylation sites (tertiary alicyclic amines) is 1. The number of methoxy groups -OCH3 is 1. The molecule has 1 amide bonds. The number of rotatable bonds is 4. The first-order valence-electron chi connectivity index (χ1n) is 7.63. The lowest BCUT2D eigenvalue weighted by Crippen LogP contribution is -2.44. The summed E-state index contributed by atoms with van der Waals surface area (Å²) in [6.07, 6.45) is 1.62. The van der Waals surface area contributed by atoms with Crippen molar-refractivity contribution in [3.05, 3.63) is 29.8 Å². The summed E-state index contributed by atoms with van der Waals surface area (Å²) in [6.45, 7) is 5.21. The molecular weight excluding hydrogens is 266 g/mol. The van der Waals surface area contributed by atoms with Crippen molar-refractivity contribution in [2.45, 2.75) is 38.7 Å². The number of benzene rings is 1. The van der Waals surface area contributed by atoms with Gasteiger partial charge in [0.1, 0.15) is 5.75 Å². The maximum absolute atomic E-state index is 12.6. The van der Waals surface area contributed by atoms with Crippen LogP contribution in [0.3, 0.4) is 0 Å². The Bertz CT molecular complexity index is 469. The maximum Gasteiger partial charge on any atom is 0.229 e. The van der Waals surface area contributed by atoms with Gasteiger partial charge in [-0.3, -0.25) is 4.79 Å². The van der Waals surface area contributed by atoms with Gasteiger partial charge in [-0.2, -0.15) is 0 Å².